The summed E-state index contributed by atoms with van der Waals surface area (Å²) in [5.74, 6) is 0.588. The van der Waals surface area contributed by atoms with E-state index in [1.54, 1.807) is 19.1 Å². The fraction of sp³-hybridized carbons (Fsp3) is 0.556. The Morgan fingerprint density at radius 1 is 1.04 bits per heavy atom. The van der Waals surface area contributed by atoms with Crippen molar-refractivity contribution in [1.29, 1.82) is 0 Å². The van der Waals surface area contributed by atoms with Gasteiger partial charge in [-0.3, -0.25) is 9.59 Å². The molecule has 0 fully saturated rings. The molecule has 0 aliphatic carbocycles. The maximum atomic E-state index is 12.4. The van der Waals surface area contributed by atoms with Gasteiger partial charge in [-0.2, -0.15) is 0 Å². The summed E-state index contributed by atoms with van der Waals surface area (Å²) in [7, 11) is 4.61. The van der Waals surface area contributed by atoms with Gasteiger partial charge in [-0.1, -0.05) is 0 Å². The van der Waals surface area contributed by atoms with Crippen molar-refractivity contribution in [3.05, 3.63) is 17.7 Å². The zero-order valence-electron chi connectivity index (χ0n) is 15.5. The van der Waals surface area contributed by atoms with E-state index in [0.29, 0.717) is 23.7 Å². The highest BCUT2D eigenvalue weighted by Crippen LogP contribution is 2.38. The van der Waals surface area contributed by atoms with E-state index in [1.165, 1.54) is 7.11 Å². The number of carboxylic acids is 1. The molecule has 7 nitrogen and oxygen atoms in total. The molecular weight excluding hydrogens is 326 g/mol. The fourth-order valence-electron chi connectivity index (χ4n) is 2.56. The molecule has 1 amide bonds. The van der Waals surface area contributed by atoms with Crippen molar-refractivity contribution >= 4 is 11.9 Å². The van der Waals surface area contributed by atoms with E-state index >= 15 is 0 Å². The zero-order valence-corrected chi connectivity index (χ0v) is 15.5. The van der Waals surface area contributed by atoms with E-state index in [2.05, 4.69) is 0 Å². The van der Waals surface area contributed by atoms with Gasteiger partial charge in [-0.15, -0.1) is 0 Å². The molecule has 0 radical (unpaired) electrons. The molecule has 0 saturated heterocycles. The molecule has 1 N–H and O–H groups in total. The van der Waals surface area contributed by atoms with E-state index < -0.39 is 5.97 Å². The lowest BCUT2D eigenvalue weighted by Gasteiger charge is -2.26. The normalized spacial score (nSPS) is 10.5. The van der Waals surface area contributed by atoms with Crippen molar-refractivity contribution < 1.29 is 28.9 Å². The third-order valence-electron chi connectivity index (χ3n) is 3.86. The second-order valence-corrected chi connectivity index (χ2v) is 5.86. The van der Waals surface area contributed by atoms with Crippen LogP contribution in [0.2, 0.25) is 0 Å². The van der Waals surface area contributed by atoms with E-state index in [0.717, 1.165) is 5.56 Å². The van der Waals surface area contributed by atoms with Gasteiger partial charge in [0, 0.05) is 19.0 Å². The van der Waals surface area contributed by atoms with Crippen molar-refractivity contribution in [3.8, 4) is 17.2 Å². The molecule has 0 saturated carbocycles. The summed E-state index contributed by atoms with van der Waals surface area (Å²) in [6, 6.07) is 3.57. The number of carboxylic acid groups (broad SMARTS) is 1. The molecule has 1 rings (SSSR count). The summed E-state index contributed by atoms with van der Waals surface area (Å²) in [6.07, 6.45) is 0.705. The summed E-state index contributed by atoms with van der Waals surface area (Å²) < 4.78 is 15.9. The number of aliphatic carboxylic acids is 1. The Bertz CT molecular complexity index is 574. The van der Waals surface area contributed by atoms with Crippen LogP contribution in [-0.4, -0.2) is 55.8 Å². The Labute approximate surface area is 148 Å². The molecule has 0 aliphatic heterocycles. The molecule has 25 heavy (non-hydrogen) atoms. The van der Waals surface area contributed by atoms with Crippen molar-refractivity contribution in [3.63, 3.8) is 0 Å². The summed E-state index contributed by atoms with van der Waals surface area (Å²) in [4.78, 5) is 24.8. The van der Waals surface area contributed by atoms with Gasteiger partial charge in [-0.25, -0.2) is 0 Å². The number of hydrogen-bond donors (Lipinski definition) is 1. The Balaban J connectivity index is 2.84. The average Bonchev–Trinajstić information content (AvgIpc) is 2.58. The van der Waals surface area contributed by atoms with Crippen LogP contribution in [0.4, 0.5) is 0 Å². The predicted octanol–water partition coefficient (Wildman–Crippen LogP) is 2.36. The Hall–Kier alpha value is -2.44. The van der Waals surface area contributed by atoms with Crippen LogP contribution in [0.1, 0.15) is 32.3 Å². The van der Waals surface area contributed by atoms with Crippen LogP contribution < -0.4 is 14.2 Å². The van der Waals surface area contributed by atoms with Crippen LogP contribution >= 0.6 is 0 Å². The summed E-state index contributed by atoms with van der Waals surface area (Å²) in [6.45, 7) is 3.96. The minimum Gasteiger partial charge on any atom is -0.493 e. The number of nitrogens with zero attached hydrogens (tertiary/aromatic N) is 1. The maximum Gasteiger partial charge on any atom is 0.305 e. The largest absolute Gasteiger partial charge is 0.493 e. The van der Waals surface area contributed by atoms with Gasteiger partial charge in [0.05, 0.1) is 27.8 Å². The highest BCUT2D eigenvalue weighted by Gasteiger charge is 2.19. The molecule has 1 aromatic carbocycles. The first-order valence-electron chi connectivity index (χ1n) is 8.14. The zero-order chi connectivity index (χ0) is 19.0. The van der Waals surface area contributed by atoms with Crippen molar-refractivity contribution in [2.45, 2.75) is 39.2 Å². The van der Waals surface area contributed by atoms with Gasteiger partial charge in [0.25, 0.3) is 0 Å². The first-order chi connectivity index (χ1) is 11.8. The standard InChI is InChI=1S/C18H27NO6/c1-12(2)19(9-8-17(21)22)16(20)7-6-13-10-14(23-3)18(25-5)15(11-13)24-4/h10-12H,6-9H2,1-5H3,(H,21,22). The summed E-state index contributed by atoms with van der Waals surface area (Å²) in [5, 5.41) is 8.82. The smallest absolute Gasteiger partial charge is 0.305 e. The molecule has 140 valence electrons. The van der Waals surface area contributed by atoms with Crippen molar-refractivity contribution in [2.24, 2.45) is 0 Å². The molecule has 0 heterocycles. The van der Waals surface area contributed by atoms with E-state index in [4.69, 9.17) is 19.3 Å². The quantitative estimate of drug-likeness (QED) is 0.695. The Morgan fingerprint density at radius 2 is 1.60 bits per heavy atom. The first kappa shape index (κ1) is 20.6. The molecule has 0 unspecified atom stereocenters. The Kier molecular flexibility index (Phi) is 8.04. The molecule has 0 spiro atoms. The van der Waals surface area contributed by atoms with Crippen molar-refractivity contribution in [1.82, 2.24) is 4.90 Å². The number of benzene rings is 1. The van der Waals surface area contributed by atoms with E-state index in [1.807, 2.05) is 26.0 Å². The molecule has 7 heteroatoms. The lowest BCUT2D eigenvalue weighted by molar-refractivity contribution is -0.139. The van der Waals surface area contributed by atoms with Crippen LogP contribution in [0.25, 0.3) is 0 Å². The maximum absolute atomic E-state index is 12.4. The number of ether oxygens (including phenoxy) is 3. The fourth-order valence-corrected chi connectivity index (χ4v) is 2.56. The van der Waals surface area contributed by atoms with Crippen LogP contribution in [-0.2, 0) is 16.0 Å². The van der Waals surface area contributed by atoms with Gasteiger partial charge in [0.2, 0.25) is 11.7 Å². The number of carbonyl (C=O) groups is 2. The number of hydrogen-bond acceptors (Lipinski definition) is 5. The van der Waals surface area contributed by atoms with E-state index in [9.17, 15) is 9.59 Å². The monoisotopic (exact) mass is 353 g/mol. The third-order valence-corrected chi connectivity index (χ3v) is 3.86. The van der Waals surface area contributed by atoms with Gasteiger partial charge in [0.15, 0.2) is 11.5 Å². The van der Waals surface area contributed by atoms with Gasteiger partial charge in [0.1, 0.15) is 0 Å². The van der Waals surface area contributed by atoms with Crippen molar-refractivity contribution in [2.75, 3.05) is 27.9 Å². The highest BCUT2D eigenvalue weighted by molar-refractivity contribution is 5.77. The lowest BCUT2D eigenvalue weighted by atomic mass is 10.1. The SMILES string of the molecule is COc1cc(CCC(=O)N(CCC(=O)O)C(C)C)cc(OC)c1OC. The molecular formula is C18H27NO6. The van der Waals surface area contributed by atoms with Gasteiger partial charge < -0.3 is 24.2 Å². The minimum absolute atomic E-state index is 0.0493. The molecule has 0 aliphatic rings. The number of aryl methyl sites for hydroxylation is 1. The molecule has 1 aromatic rings. The highest BCUT2D eigenvalue weighted by atomic mass is 16.5. The first-order valence-corrected chi connectivity index (χ1v) is 8.14. The van der Waals surface area contributed by atoms with Crippen LogP contribution in [0, 0.1) is 0 Å². The molecule has 0 atom stereocenters. The number of rotatable bonds is 10. The van der Waals surface area contributed by atoms with Crippen LogP contribution in [0.3, 0.4) is 0 Å². The topological polar surface area (TPSA) is 85.3 Å². The summed E-state index contributed by atoms with van der Waals surface area (Å²) in [5.41, 5.74) is 0.879. The second kappa shape index (κ2) is 9.76. The lowest BCUT2D eigenvalue weighted by Crippen LogP contribution is -2.38. The summed E-state index contributed by atoms with van der Waals surface area (Å²) >= 11 is 0. The van der Waals surface area contributed by atoms with Crippen LogP contribution in [0.5, 0.6) is 17.2 Å². The minimum atomic E-state index is -0.914. The number of amides is 1. The average molecular weight is 353 g/mol. The number of methoxy groups -OCH3 is 3. The second-order valence-electron chi connectivity index (χ2n) is 5.86. The predicted molar refractivity (Wildman–Crippen MR) is 93.5 cm³/mol. The third kappa shape index (κ3) is 5.85. The Morgan fingerprint density at radius 3 is 2.00 bits per heavy atom. The molecule has 0 aromatic heterocycles. The van der Waals surface area contributed by atoms with Crippen LogP contribution in [0.15, 0.2) is 12.1 Å². The van der Waals surface area contributed by atoms with Gasteiger partial charge >= 0.3 is 5.97 Å². The van der Waals surface area contributed by atoms with Gasteiger partial charge in [-0.05, 0) is 38.0 Å². The number of carbonyl (C=O) groups excluding carboxylic acids is 1. The molecule has 0 bridgehead atoms. The van der Waals surface area contributed by atoms with E-state index in [-0.39, 0.29) is 31.3 Å².